The second-order valence-electron chi connectivity index (χ2n) is 5.36. The second kappa shape index (κ2) is 7.17. The van der Waals surface area contributed by atoms with Crippen LogP contribution in [-0.4, -0.2) is 25.3 Å². The molecular formula is C15H27NO. The fraction of sp³-hybridized carbons (Fsp3) is 0.867. The number of nitrogens with one attached hydrogen (secondary N) is 1. The molecule has 2 atom stereocenters. The normalized spacial score (nSPS) is 27.6. The minimum absolute atomic E-state index is 0.496. The van der Waals surface area contributed by atoms with Crippen molar-refractivity contribution < 1.29 is 4.74 Å². The van der Waals surface area contributed by atoms with E-state index in [1.54, 1.807) is 5.57 Å². The molecule has 17 heavy (non-hydrogen) atoms. The molecule has 0 saturated carbocycles. The molecule has 1 fully saturated rings. The fourth-order valence-corrected chi connectivity index (χ4v) is 3.05. The Morgan fingerprint density at radius 2 is 2.29 bits per heavy atom. The molecule has 2 heteroatoms. The number of ether oxygens (including phenoxy) is 1. The molecule has 2 rings (SSSR count). The zero-order chi connectivity index (χ0) is 11.9. The molecule has 2 nitrogen and oxygen atoms in total. The third kappa shape index (κ3) is 4.11. The van der Waals surface area contributed by atoms with Crippen molar-refractivity contribution >= 4 is 0 Å². The fourth-order valence-electron chi connectivity index (χ4n) is 3.05. The molecule has 98 valence electrons. The van der Waals surface area contributed by atoms with Crippen molar-refractivity contribution in [1.29, 1.82) is 0 Å². The molecule has 1 aliphatic carbocycles. The van der Waals surface area contributed by atoms with Gasteiger partial charge in [0, 0.05) is 12.6 Å². The van der Waals surface area contributed by atoms with Gasteiger partial charge in [0.1, 0.15) is 0 Å². The van der Waals surface area contributed by atoms with Gasteiger partial charge in [-0.2, -0.15) is 0 Å². The van der Waals surface area contributed by atoms with Crippen molar-refractivity contribution in [1.82, 2.24) is 5.32 Å². The van der Waals surface area contributed by atoms with E-state index in [1.165, 1.54) is 51.4 Å². The van der Waals surface area contributed by atoms with Crippen LogP contribution in [0.3, 0.4) is 0 Å². The Balaban J connectivity index is 1.88. The van der Waals surface area contributed by atoms with Gasteiger partial charge in [-0.3, -0.25) is 0 Å². The van der Waals surface area contributed by atoms with Crippen molar-refractivity contribution in [2.75, 3.05) is 13.2 Å². The van der Waals surface area contributed by atoms with Gasteiger partial charge in [0.05, 0.1) is 6.10 Å². The van der Waals surface area contributed by atoms with Gasteiger partial charge >= 0.3 is 0 Å². The highest BCUT2D eigenvalue weighted by molar-refractivity contribution is 5.13. The van der Waals surface area contributed by atoms with E-state index >= 15 is 0 Å². The number of hydrogen-bond donors (Lipinski definition) is 1. The van der Waals surface area contributed by atoms with Crippen LogP contribution in [-0.2, 0) is 4.74 Å². The molecule has 2 unspecified atom stereocenters. The van der Waals surface area contributed by atoms with Gasteiger partial charge in [-0.05, 0) is 57.9 Å². The van der Waals surface area contributed by atoms with Gasteiger partial charge < -0.3 is 10.1 Å². The summed E-state index contributed by atoms with van der Waals surface area (Å²) in [6, 6.07) is 0.573. The predicted octanol–water partition coefficient (Wildman–Crippen LogP) is 3.42. The third-order valence-electron chi connectivity index (χ3n) is 4.00. The van der Waals surface area contributed by atoms with Gasteiger partial charge in [0.2, 0.25) is 0 Å². The van der Waals surface area contributed by atoms with Crippen LogP contribution in [0.15, 0.2) is 11.6 Å². The zero-order valence-electron chi connectivity index (χ0n) is 11.2. The molecule has 0 spiro atoms. The Morgan fingerprint density at radius 1 is 1.35 bits per heavy atom. The SMILES string of the molecule is CCNC(CC1CCCCO1)C1=CCCCC1. The summed E-state index contributed by atoms with van der Waals surface area (Å²) in [6.45, 7) is 4.25. The van der Waals surface area contributed by atoms with E-state index in [0.717, 1.165) is 13.2 Å². The Labute approximate surface area is 106 Å². The number of rotatable bonds is 5. The van der Waals surface area contributed by atoms with E-state index < -0.39 is 0 Å². The summed E-state index contributed by atoms with van der Waals surface area (Å²) in [5, 5.41) is 3.65. The van der Waals surface area contributed by atoms with Crippen LogP contribution >= 0.6 is 0 Å². The highest BCUT2D eigenvalue weighted by Crippen LogP contribution is 2.25. The summed E-state index contributed by atoms with van der Waals surface area (Å²) in [5.74, 6) is 0. The van der Waals surface area contributed by atoms with E-state index in [-0.39, 0.29) is 0 Å². The highest BCUT2D eigenvalue weighted by Gasteiger charge is 2.22. The van der Waals surface area contributed by atoms with E-state index in [9.17, 15) is 0 Å². The molecule has 0 aromatic rings. The molecule has 2 aliphatic rings. The maximum atomic E-state index is 5.88. The van der Waals surface area contributed by atoms with Gasteiger partial charge in [-0.25, -0.2) is 0 Å². The number of allylic oxidation sites excluding steroid dienone is 1. The lowest BCUT2D eigenvalue weighted by Gasteiger charge is -2.30. The Bertz CT molecular complexity index is 243. The molecule has 0 aromatic carbocycles. The summed E-state index contributed by atoms with van der Waals surface area (Å²) in [7, 11) is 0. The zero-order valence-corrected chi connectivity index (χ0v) is 11.2. The predicted molar refractivity (Wildman–Crippen MR) is 72.2 cm³/mol. The van der Waals surface area contributed by atoms with Gasteiger partial charge in [-0.1, -0.05) is 18.6 Å². The molecule has 0 aromatic heterocycles. The lowest BCUT2D eigenvalue weighted by Crippen LogP contribution is -2.36. The first-order valence-corrected chi connectivity index (χ1v) is 7.44. The van der Waals surface area contributed by atoms with Gasteiger partial charge in [-0.15, -0.1) is 0 Å². The minimum Gasteiger partial charge on any atom is -0.378 e. The summed E-state index contributed by atoms with van der Waals surface area (Å²) in [5.41, 5.74) is 1.65. The third-order valence-corrected chi connectivity index (χ3v) is 4.00. The van der Waals surface area contributed by atoms with E-state index in [1.807, 2.05) is 0 Å². The largest absolute Gasteiger partial charge is 0.378 e. The van der Waals surface area contributed by atoms with Crippen molar-refractivity contribution in [3.05, 3.63) is 11.6 Å². The minimum atomic E-state index is 0.496. The van der Waals surface area contributed by atoms with Crippen LogP contribution in [0, 0.1) is 0 Å². The van der Waals surface area contributed by atoms with Gasteiger partial charge in [0.25, 0.3) is 0 Å². The van der Waals surface area contributed by atoms with Crippen molar-refractivity contribution in [2.45, 2.75) is 70.4 Å². The van der Waals surface area contributed by atoms with Crippen LogP contribution in [0.2, 0.25) is 0 Å². The topological polar surface area (TPSA) is 21.3 Å². The van der Waals surface area contributed by atoms with Crippen LogP contribution in [0.25, 0.3) is 0 Å². The van der Waals surface area contributed by atoms with Crippen LogP contribution in [0.1, 0.15) is 58.3 Å². The summed E-state index contributed by atoms with van der Waals surface area (Å²) < 4.78 is 5.88. The molecule has 0 radical (unpaired) electrons. The molecule has 0 amide bonds. The molecule has 1 aliphatic heterocycles. The lowest BCUT2D eigenvalue weighted by atomic mass is 9.89. The first-order valence-electron chi connectivity index (χ1n) is 7.44. The second-order valence-corrected chi connectivity index (χ2v) is 5.36. The number of hydrogen-bond acceptors (Lipinski definition) is 2. The first-order chi connectivity index (χ1) is 8.40. The molecular weight excluding hydrogens is 210 g/mol. The van der Waals surface area contributed by atoms with Crippen LogP contribution in [0.5, 0.6) is 0 Å². The molecule has 0 bridgehead atoms. The van der Waals surface area contributed by atoms with Crippen LogP contribution < -0.4 is 5.32 Å². The summed E-state index contributed by atoms with van der Waals surface area (Å²) in [6.07, 6.45) is 13.3. The van der Waals surface area contributed by atoms with Crippen molar-refractivity contribution in [2.24, 2.45) is 0 Å². The first kappa shape index (κ1) is 13.1. The Morgan fingerprint density at radius 3 is 2.94 bits per heavy atom. The van der Waals surface area contributed by atoms with Gasteiger partial charge in [0.15, 0.2) is 0 Å². The standard InChI is InChI=1S/C15H27NO/c1-2-16-15(13-8-4-3-5-9-13)12-14-10-6-7-11-17-14/h8,14-16H,2-7,9-12H2,1H3. The Kier molecular flexibility index (Phi) is 5.53. The van der Waals surface area contributed by atoms with E-state index in [4.69, 9.17) is 4.74 Å². The highest BCUT2D eigenvalue weighted by atomic mass is 16.5. The van der Waals surface area contributed by atoms with Crippen molar-refractivity contribution in [3.63, 3.8) is 0 Å². The molecule has 1 N–H and O–H groups in total. The molecule has 1 heterocycles. The average molecular weight is 237 g/mol. The lowest BCUT2D eigenvalue weighted by molar-refractivity contribution is 0.00712. The van der Waals surface area contributed by atoms with Crippen LogP contribution in [0.4, 0.5) is 0 Å². The summed E-state index contributed by atoms with van der Waals surface area (Å²) in [4.78, 5) is 0. The summed E-state index contributed by atoms with van der Waals surface area (Å²) >= 11 is 0. The quantitative estimate of drug-likeness (QED) is 0.740. The smallest absolute Gasteiger partial charge is 0.0593 e. The Hall–Kier alpha value is -0.340. The molecule has 1 saturated heterocycles. The average Bonchev–Trinajstić information content (AvgIpc) is 2.40. The van der Waals surface area contributed by atoms with E-state index in [2.05, 4.69) is 18.3 Å². The van der Waals surface area contributed by atoms with Crippen molar-refractivity contribution in [3.8, 4) is 0 Å². The maximum absolute atomic E-state index is 5.88. The monoisotopic (exact) mass is 237 g/mol. The van der Waals surface area contributed by atoms with E-state index in [0.29, 0.717) is 12.1 Å². The number of likely N-dealkylation sites (N-methyl/N-ethyl adjacent to an activating group) is 1. The maximum Gasteiger partial charge on any atom is 0.0593 e.